The fourth-order valence-electron chi connectivity index (χ4n) is 4.09. The van der Waals surface area contributed by atoms with Gasteiger partial charge in [-0.1, -0.05) is 84.9 Å². The number of carboxylic acids is 1. The summed E-state index contributed by atoms with van der Waals surface area (Å²) in [5.74, 6) is -1.68. The third kappa shape index (κ3) is 3.04. The van der Waals surface area contributed by atoms with Gasteiger partial charge >= 0.3 is 11.8 Å². The molecule has 1 aliphatic heterocycles. The molecule has 0 spiro atoms. The van der Waals surface area contributed by atoms with Crippen LogP contribution in [0.5, 0.6) is 11.5 Å². The van der Waals surface area contributed by atoms with E-state index in [9.17, 15) is 9.90 Å². The third-order valence-electron chi connectivity index (χ3n) is 5.58. The van der Waals surface area contributed by atoms with Gasteiger partial charge in [-0.15, -0.1) is 0 Å². The fraction of sp³-hybridized carbons (Fsp3) is 0.0741. The first-order chi connectivity index (χ1) is 15.1. The van der Waals surface area contributed by atoms with Crippen LogP contribution in [0.25, 0.3) is 11.1 Å². The van der Waals surface area contributed by atoms with Crippen molar-refractivity contribution in [2.45, 2.75) is 12.7 Å². The van der Waals surface area contributed by atoms with Crippen molar-refractivity contribution in [3.63, 3.8) is 0 Å². The van der Waals surface area contributed by atoms with E-state index in [4.69, 9.17) is 9.47 Å². The van der Waals surface area contributed by atoms with Crippen molar-refractivity contribution in [2.75, 3.05) is 0 Å². The van der Waals surface area contributed by atoms with Gasteiger partial charge < -0.3 is 14.6 Å². The summed E-state index contributed by atoms with van der Waals surface area (Å²) in [6.07, 6.45) is 0. The minimum Gasteiger partial charge on any atom is -0.478 e. The van der Waals surface area contributed by atoms with E-state index in [1.165, 1.54) is 0 Å². The highest BCUT2D eigenvalue weighted by Gasteiger charge is 2.47. The van der Waals surface area contributed by atoms with Crippen LogP contribution < -0.4 is 9.47 Å². The molecule has 1 N–H and O–H groups in total. The zero-order valence-corrected chi connectivity index (χ0v) is 16.9. The summed E-state index contributed by atoms with van der Waals surface area (Å²) in [6, 6.07) is 30.4. The van der Waals surface area contributed by atoms with E-state index in [1.807, 2.05) is 91.9 Å². The van der Waals surface area contributed by atoms with Crippen molar-refractivity contribution in [1.82, 2.24) is 0 Å². The van der Waals surface area contributed by atoms with E-state index in [0.29, 0.717) is 11.3 Å². The molecule has 5 rings (SSSR count). The molecular formula is C27H20O4. The van der Waals surface area contributed by atoms with Crippen molar-refractivity contribution < 1.29 is 19.4 Å². The van der Waals surface area contributed by atoms with Crippen LogP contribution in [0.15, 0.2) is 97.1 Å². The lowest BCUT2D eigenvalue weighted by atomic mass is 9.95. The molecule has 0 fully saturated rings. The van der Waals surface area contributed by atoms with Crippen molar-refractivity contribution in [3.05, 3.63) is 119 Å². The molecule has 0 unspecified atom stereocenters. The Hall–Kier alpha value is -4.05. The summed E-state index contributed by atoms with van der Waals surface area (Å²) in [5, 5.41) is 10.2. The van der Waals surface area contributed by atoms with E-state index in [0.717, 1.165) is 22.3 Å². The first-order valence-corrected chi connectivity index (χ1v) is 10.1. The molecule has 31 heavy (non-hydrogen) atoms. The number of rotatable bonds is 4. The number of carboxylic acid groups (broad SMARTS) is 1. The second-order valence-electron chi connectivity index (χ2n) is 7.49. The fourth-order valence-corrected chi connectivity index (χ4v) is 4.09. The topological polar surface area (TPSA) is 55.8 Å². The van der Waals surface area contributed by atoms with Crippen molar-refractivity contribution in [2.24, 2.45) is 0 Å². The van der Waals surface area contributed by atoms with Gasteiger partial charge in [0, 0.05) is 16.7 Å². The van der Waals surface area contributed by atoms with Crippen LogP contribution in [0.4, 0.5) is 0 Å². The Kier molecular flexibility index (Phi) is 4.48. The summed E-state index contributed by atoms with van der Waals surface area (Å²) in [6.45, 7) is 1.96. The van der Waals surface area contributed by atoms with Crippen molar-refractivity contribution in [3.8, 4) is 22.6 Å². The number of hydrogen-bond acceptors (Lipinski definition) is 3. The first kappa shape index (κ1) is 18.9. The van der Waals surface area contributed by atoms with Gasteiger partial charge in [0.15, 0.2) is 11.5 Å². The largest absolute Gasteiger partial charge is 0.478 e. The van der Waals surface area contributed by atoms with Crippen LogP contribution in [0, 0.1) is 6.92 Å². The molecule has 0 atom stereocenters. The van der Waals surface area contributed by atoms with Gasteiger partial charge in [-0.25, -0.2) is 4.79 Å². The molecule has 4 heteroatoms. The SMILES string of the molecule is Cc1ccccc1-c1ccc2c(c1C(=O)O)OC(c1ccccc1)(c1ccccc1)O2. The minimum absolute atomic E-state index is 0.0977. The summed E-state index contributed by atoms with van der Waals surface area (Å²) in [4.78, 5) is 12.4. The van der Waals surface area contributed by atoms with E-state index in [1.54, 1.807) is 12.1 Å². The van der Waals surface area contributed by atoms with Crippen LogP contribution in [0.1, 0.15) is 27.0 Å². The molecular weight excluding hydrogens is 388 g/mol. The zero-order chi connectivity index (χ0) is 21.4. The van der Waals surface area contributed by atoms with Crippen LogP contribution in [0.2, 0.25) is 0 Å². The number of aryl methyl sites for hydroxylation is 1. The standard InChI is InChI=1S/C27H20O4/c1-18-10-8-9-15-21(18)22-16-17-23-25(24(22)26(28)29)31-27(30-23,19-11-4-2-5-12-19)20-13-6-3-7-14-20/h2-17H,1H3,(H,28,29). The van der Waals surface area contributed by atoms with Crippen molar-refractivity contribution in [1.29, 1.82) is 0 Å². The van der Waals surface area contributed by atoms with Gasteiger partial charge in [0.1, 0.15) is 5.56 Å². The summed E-state index contributed by atoms with van der Waals surface area (Å²) < 4.78 is 12.9. The summed E-state index contributed by atoms with van der Waals surface area (Å²) >= 11 is 0. The number of hydrogen-bond donors (Lipinski definition) is 1. The smallest absolute Gasteiger partial charge is 0.340 e. The van der Waals surface area contributed by atoms with E-state index < -0.39 is 11.8 Å². The van der Waals surface area contributed by atoms with Gasteiger partial charge in [0.2, 0.25) is 0 Å². The van der Waals surface area contributed by atoms with Crippen molar-refractivity contribution >= 4 is 5.97 Å². The van der Waals surface area contributed by atoms with Gasteiger partial charge in [-0.05, 0) is 30.2 Å². The maximum atomic E-state index is 12.4. The predicted molar refractivity (Wildman–Crippen MR) is 118 cm³/mol. The molecule has 0 saturated carbocycles. The molecule has 0 saturated heterocycles. The van der Waals surface area contributed by atoms with Gasteiger partial charge in [-0.2, -0.15) is 0 Å². The highest BCUT2D eigenvalue weighted by Crippen LogP contribution is 2.51. The van der Waals surface area contributed by atoms with Crippen LogP contribution in [0.3, 0.4) is 0 Å². The monoisotopic (exact) mass is 408 g/mol. The van der Waals surface area contributed by atoms with Gasteiger partial charge in [0.25, 0.3) is 0 Å². The molecule has 0 aromatic heterocycles. The Morgan fingerprint density at radius 1 is 0.710 bits per heavy atom. The maximum Gasteiger partial charge on any atom is 0.340 e. The zero-order valence-electron chi connectivity index (χ0n) is 16.9. The van der Waals surface area contributed by atoms with Gasteiger partial charge in [0.05, 0.1) is 0 Å². The first-order valence-electron chi connectivity index (χ1n) is 10.1. The molecule has 4 aromatic rings. The number of carbonyl (C=O) groups is 1. The third-order valence-corrected chi connectivity index (χ3v) is 5.58. The lowest BCUT2D eigenvalue weighted by molar-refractivity contribution is -0.0461. The molecule has 1 heterocycles. The molecule has 4 nitrogen and oxygen atoms in total. The second kappa shape index (κ2) is 7.33. The number of fused-ring (bicyclic) bond motifs is 1. The number of benzene rings is 4. The predicted octanol–water partition coefficient (Wildman–Crippen LogP) is 6.03. The number of ether oxygens (including phenoxy) is 2. The molecule has 0 radical (unpaired) electrons. The maximum absolute atomic E-state index is 12.4. The summed E-state index contributed by atoms with van der Waals surface area (Å²) in [7, 11) is 0. The van der Waals surface area contributed by atoms with E-state index in [2.05, 4.69) is 0 Å². The highest BCUT2D eigenvalue weighted by molar-refractivity contribution is 6.00. The highest BCUT2D eigenvalue weighted by atomic mass is 16.7. The van der Waals surface area contributed by atoms with Gasteiger partial charge in [-0.3, -0.25) is 0 Å². The quantitative estimate of drug-likeness (QED) is 0.448. The Morgan fingerprint density at radius 3 is 1.87 bits per heavy atom. The Bertz CT molecular complexity index is 1220. The average molecular weight is 408 g/mol. The van der Waals surface area contributed by atoms with E-state index >= 15 is 0 Å². The number of aromatic carboxylic acids is 1. The molecule has 152 valence electrons. The molecule has 4 aromatic carbocycles. The molecule has 0 aliphatic carbocycles. The van der Waals surface area contributed by atoms with E-state index in [-0.39, 0.29) is 11.3 Å². The molecule has 0 amide bonds. The Labute approximate surface area is 180 Å². The van der Waals surface area contributed by atoms with Crippen LogP contribution in [-0.4, -0.2) is 11.1 Å². The lowest BCUT2D eigenvalue weighted by Gasteiger charge is -2.28. The van der Waals surface area contributed by atoms with Crippen LogP contribution >= 0.6 is 0 Å². The lowest BCUT2D eigenvalue weighted by Crippen LogP contribution is -2.36. The minimum atomic E-state index is -1.26. The van der Waals surface area contributed by atoms with Crippen LogP contribution in [-0.2, 0) is 5.79 Å². The Balaban J connectivity index is 1.73. The molecule has 0 bridgehead atoms. The molecule has 1 aliphatic rings. The Morgan fingerprint density at radius 2 is 1.29 bits per heavy atom. The second-order valence-corrected chi connectivity index (χ2v) is 7.49. The normalized spacial score (nSPS) is 13.7. The summed E-state index contributed by atoms with van der Waals surface area (Å²) in [5.41, 5.74) is 4.10. The average Bonchev–Trinajstić information content (AvgIpc) is 3.21.